The van der Waals surface area contributed by atoms with Crippen molar-refractivity contribution in [1.29, 1.82) is 0 Å². The van der Waals surface area contributed by atoms with Crippen LogP contribution in [0.25, 0.3) is 0 Å². The van der Waals surface area contributed by atoms with Gasteiger partial charge < -0.3 is 10.2 Å². The first-order chi connectivity index (χ1) is 12.0. The van der Waals surface area contributed by atoms with E-state index in [-0.39, 0.29) is 11.8 Å². The zero-order valence-corrected chi connectivity index (χ0v) is 15.2. The Balaban J connectivity index is 1.65. The molecule has 0 fully saturated rings. The molecule has 2 aromatic rings. The van der Waals surface area contributed by atoms with Gasteiger partial charge in [-0.15, -0.1) is 11.3 Å². The normalized spacial score (nSPS) is 14.1. The van der Waals surface area contributed by atoms with Gasteiger partial charge in [0.25, 0.3) is 11.8 Å². The second kappa shape index (κ2) is 7.69. The summed E-state index contributed by atoms with van der Waals surface area (Å²) in [7, 11) is 0. The van der Waals surface area contributed by atoms with Crippen LogP contribution in [0.3, 0.4) is 0 Å². The molecule has 3 rings (SSSR count). The van der Waals surface area contributed by atoms with Crippen LogP contribution in [0.4, 0.5) is 0 Å². The van der Waals surface area contributed by atoms with E-state index in [2.05, 4.69) is 34.1 Å². The Hall–Kier alpha value is -2.35. The summed E-state index contributed by atoms with van der Waals surface area (Å²) >= 11 is 1.43. The fourth-order valence-electron chi connectivity index (χ4n) is 2.62. The molecule has 0 radical (unpaired) electrons. The standard InChI is InChI=1S/C17H21N5O2S/c1-11(2)9-19-15(23)16-21-12-4-7-22(8-5-14(12)25-16)17(24)13-3-6-18-10-20-13/h3,6,10-11H,4-5,7-9H2,1-2H3,(H,19,23). The van der Waals surface area contributed by atoms with E-state index in [1.165, 1.54) is 17.7 Å². The lowest BCUT2D eigenvalue weighted by molar-refractivity contribution is 0.0756. The van der Waals surface area contributed by atoms with Crippen molar-refractivity contribution in [1.82, 2.24) is 25.2 Å². The van der Waals surface area contributed by atoms with Gasteiger partial charge in [0.15, 0.2) is 5.01 Å². The molecule has 1 aliphatic heterocycles. The van der Waals surface area contributed by atoms with Gasteiger partial charge in [-0.3, -0.25) is 9.59 Å². The Kier molecular flexibility index (Phi) is 5.37. The van der Waals surface area contributed by atoms with Crippen LogP contribution in [0.15, 0.2) is 18.6 Å². The zero-order chi connectivity index (χ0) is 17.8. The minimum absolute atomic E-state index is 0.0903. The van der Waals surface area contributed by atoms with Crippen molar-refractivity contribution in [3.8, 4) is 0 Å². The molecule has 1 N–H and O–H groups in total. The Morgan fingerprint density at radius 3 is 2.84 bits per heavy atom. The quantitative estimate of drug-likeness (QED) is 0.895. The van der Waals surface area contributed by atoms with E-state index in [9.17, 15) is 9.59 Å². The van der Waals surface area contributed by atoms with Crippen molar-refractivity contribution in [2.24, 2.45) is 5.92 Å². The molecule has 0 atom stereocenters. The summed E-state index contributed by atoms with van der Waals surface area (Å²) in [5.41, 5.74) is 1.33. The SMILES string of the molecule is CC(C)CNC(=O)c1nc2c(s1)CCN(C(=O)c1ccncn1)CC2. The number of amides is 2. The first-order valence-corrected chi connectivity index (χ1v) is 9.18. The molecule has 0 unspecified atom stereocenters. The molecule has 0 aliphatic carbocycles. The second-order valence-corrected chi connectivity index (χ2v) is 7.46. The van der Waals surface area contributed by atoms with Gasteiger partial charge in [0.05, 0.1) is 5.69 Å². The predicted octanol–water partition coefficient (Wildman–Crippen LogP) is 1.56. The molecule has 0 bridgehead atoms. The van der Waals surface area contributed by atoms with Crippen LogP contribution in [-0.4, -0.2) is 51.3 Å². The third-order valence-electron chi connectivity index (χ3n) is 3.96. The summed E-state index contributed by atoms with van der Waals surface area (Å²) in [6.07, 6.45) is 4.31. The van der Waals surface area contributed by atoms with E-state index in [1.807, 2.05) is 0 Å². The van der Waals surface area contributed by atoms with E-state index in [0.717, 1.165) is 10.6 Å². The number of nitrogens with zero attached hydrogens (tertiary/aromatic N) is 4. The van der Waals surface area contributed by atoms with Gasteiger partial charge in [-0.05, 0) is 12.0 Å². The molecule has 25 heavy (non-hydrogen) atoms. The summed E-state index contributed by atoms with van der Waals surface area (Å²) in [5, 5.41) is 3.42. The lowest BCUT2D eigenvalue weighted by atomic mass is 10.2. The van der Waals surface area contributed by atoms with Crippen LogP contribution in [0.5, 0.6) is 0 Å². The van der Waals surface area contributed by atoms with Crippen LogP contribution >= 0.6 is 11.3 Å². The highest BCUT2D eigenvalue weighted by molar-refractivity contribution is 7.13. The molecule has 0 aromatic carbocycles. The number of nitrogens with one attached hydrogen (secondary N) is 1. The average molecular weight is 359 g/mol. The van der Waals surface area contributed by atoms with E-state index < -0.39 is 0 Å². The van der Waals surface area contributed by atoms with Crippen LogP contribution in [0, 0.1) is 5.92 Å². The Morgan fingerprint density at radius 1 is 1.32 bits per heavy atom. The van der Waals surface area contributed by atoms with Gasteiger partial charge in [0.2, 0.25) is 0 Å². The lowest BCUT2D eigenvalue weighted by Crippen LogP contribution is -2.34. The largest absolute Gasteiger partial charge is 0.350 e. The van der Waals surface area contributed by atoms with Gasteiger partial charge in [-0.25, -0.2) is 15.0 Å². The third-order valence-corrected chi connectivity index (χ3v) is 5.12. The Bertz CT molecular complexity index is 734. The third kappa shape index (κ3) is 4.19. The number of hydrogen-bond acceptors (Lipinski definition) is 6. The Morgan fingerprint density at radius 2 is 2.12 bits per heavy atom. The number of carbonyl (C=O) groups excluding carboxylic acids is 2. The summed E-state index contributed by atoms with van der Waals surface area (Å²) in [4.78, 5) is 39.9. The molecular formula is C17H21N5O2S. The molecule has 2 amide bonds. The topological polar surface area (TPSA) is 88.1 Å². The molecule has 7 nitrogen and oxygen atoms in total. The fraction of sp³-hybridized carbons (Fsp3) is 0.471. The summed E-state index contributed by atoms with van der Waals surface area (Å²) < 4.78 is 0. The number of thiazole rings is 1. The maximum atomic E-state index is 12.5. The van der Waals surface area contributed by atoms with E-state index in [1.54, 1.807) is 17.2 Å². The van der Waals surface area contributed by atoms with Gasteiger partial charge >= 0.3 is 0 Å². The molecule has 2 aromatic heterocycles. The summed E-state index contributed by atoms with van der Waals surface area (Å²) in [6.45, 7) is 5.93. The maximum absolute atomic E-state index is 12.5. The van der Waals surface area contributed by atoms with Crippen molar-refractivity contribution < 1.29 is 9.59 Å². The van der Waals surface area contributed by atoms with Crippen molar-refractivity contribution in [3.05, 3.63) is 39.9 Å². The molecular weight excluding hydrogens is 338 g/mol. The fourth-order valence-corrected chi connectivity index (χ4v) is 3.63. The molecule has 132 valence electrons. The summed E-state index contributed by atoms with van der Waals surface area (Å²) in [6, 6.07) is 1.62. The van der Waals surface area contributed by atoms with Crippen LogP contribution in [0.1, 0.15) is 44.7 Å². The molecule has 3 heterocycles. The summed E-state index contributed by atoms with van der Waals surface area (Å²) in [5.74, 6) is 0.205. The lowest BCUT2D eigenvalue weighted by Gasteiger charge is -2.19. The van der Waals surface area contributed by atoms with Gasteiger partial charge in [0.1, 0.15) is 12.0 Å². The second-order valence-electron chi connectivity index (χ2n) is 6.38. The molecule has 0 saturated carbocycles. The molecule has 8 heteroatoms. The number of hydrogen-bond donors (Lipinski definition) is 1. The van der Waals surface area contributed by atoms with Gasteiger partial charge in [-0.2, -0.15) is 0 Å². The highest BCUT2D eigenvalue weighted by atomic mass is 32.1. The number of carbonyl (C=O) groups is 2. The minimum Gasteiger partial charge on any atom is -0.350 e. The van der Waals surface area contributed by atoms with E-state index in [4.69, 9.17) is 0 Å². The Labute approximate surface area is 150 Å². The zero-order valence-electron chi connectivity index (χ0n) is 14.4. The number of rotatable bonds is 4. The van der Waals surface area contributed by atoms with Crippen LogP contribution in [-0.2, 0) is 12.8 Å². The maximum Gasteiger partial charge on any atom is 0.280 e. The van der Waals surface area contributed by atoms with E-state index in [0.29, 0.717) is 49.1 Å². The van der Waals surface area contributed by atoms with Crippen molar-refractivity contribution in [2.45, 2.75) is 26.7 Å². The first-order valence-electron chi connectivity index (χ1n) is 8.36. The number of fused-ring (bicyclic) bond motifs is 1. The molecule has 0 spiro atoms. The van der Waals surface area contributed by atoms with E-state index >= 15 is 0 Å². The van der Waals surface area contributed by atoms with Crippen molar-refractivity contribution in [2.75, 3.05) is 19.6 Å². The first kappa shape index (κ1) is 17.5. The average Bonchev–Trinajstić information content (AvgIpc) is 2.93. The monoisotopic (exact) mass is 359 g/mol. The predicted molar refractivity (Wildman–Crippen MR) is 94.6 cm³/mol. The molecule has 0 saturated heterocycles. The highest BCUT2D eigenvalue weighted by Crippen LogP contribution is 2.23. The van der Waals surface area contributed by atoms with Gasteiger partial charge in [0, 0.05) is 43.5 Å². The van der Waals surface area contributed by atoms with Crippen molar-refractivity contribution in [3.63, 3.8) is 0 Å². The van der Waals surface area contributed by atoms with Gasteiger partial charge in [-0.1, -0.05) is 13.8 Å². The highest BCUT2D eigenvalue weighted by Gasteiger charge is 2.24. The van der Waals surface area contributed by atoms with Crippen molar-refractivity contribution >= 4 is 23.2 Å². The van der Waals surface area contributed by atoms with Crippen LogP contribution < -0.4 is 5.32 Å². The smallest absolute Gasteiger partial charge is 0.280 e. The number of aromatic nitrogens is 3. The minimum atomic E-state index is -0.110. The van der Waals surface area contributed by atoms with Crippen LogP contribution in [0.2, 0.25) is 0 Å². The molecule has 1 aliphatic rings.